The number of aromatic nitrogens is 3. The van der Waals surface area contributed by atoms with Gasteiger partial charge in [0.1, 0.15) is 0 Å². The second kappa shape index (κ2) is 14.9. The highest BCUT2D eigenvalue weighted by atomic mass is 35.5. The topological polar surface area (TPSA) is 115 Å². The van der Waals surface area contributed by atoms with Gasteiger partial charge in [-0.25, -0.2) is 4.79 Å². The Bertz CT molecular complexity index is 1360. The Morgan fingerprint density at radius 3 is 2.48 bits per heavy atom. The number of allylic oxidation sites excluding steroid dienone is 1. The molecule has 0 unspecified atom stereocenters. The fraction of sp³-hybridized carbons (Fsp3) is 0.321. The monoisotopic (exact) mass is 603 g/mol. The molecule has 0 bridgehead atoms. The lowest BCUT2D eigenvalue weighted by Crippen LogP contribution is -2.32. The van der Waals surface area contributed by atoms with Crippen LogP contribution in [-0.4, -0.2) is 44.9 Å². The maximum atomic E-state index is 13.1. The van der Waals surface area contributed by atoms with Gasteiger partial charge in [0.15, 0.2) is 11.0 Å². The molecule has 2 aromatic carbocycles. The van der Waals surface area contributed by atoms with Gasteiger partial charge < -0.3 is 19.9 Å². The lowest BCUT2D eigenvalue weighted by Gasteiger charge is -2.21. The average Bonchev–Trinajstić information content (AvgIpc) is 3.30. The predicted octanol–water partition coefficient (Wildman–Crippen LogP) is 6.20. The van der Waals surface area contributed by atoms with Gasteiger partial charge in [-0.05, 0) is 61.7 Å². The first-order chi connectivity index (χ1) is 19.1. The highest BCUT2D eigenvalue weighted by molar-refractivity contribution is 7.99. The van der Waals surface area contributed by atoms with Crippen molar-refractivity contribution >= 4 is 58.4 Å². The van der Waals surface area contributed by atoms with E-state index in [4.69, 9.17) is 27.9 Å². The van der Waals surface area contributed by atoms with Gasteiger partial charge in [0.05, 0.1) is 34.6 Å². The Morgan fingerprint density at radius 2 is 1.85 bits per heavy atom. The second-order valence-corrected chi connectivity index (χ2v) is 10.9. The molecule has 0 spiro atoms. The lowest BCUT2D eigenvalue weighted by molar-refractivity contribution is -0.113. The van der Waals surface area contributed by atoms with Crippen molar-refractivity contribution in [3.8, 4) is 0 Å². The smallest absolute Gasteiger partial charge is 0.338 e. The third kappa shape index (κ3) is 8.58. The van der Waals surface area contributed by atoms with E-state index in [2.05, 4.69) is 27.4 Å². The van der Waals surface area contributed by atoms with E-state index in [1.54, 1.807) is 49.4 Å². The minimum atomic E-state index is -0.465. The van der Waals surface area contributed by atoms with Gasteiger partial charge in [0.2, 0.25) is 5.91 Å². The second-order valence-electron chi connectivity index (χ2n) is 9.15. The third-order valence-electron chi connectivity index (χ3n) is 5.57. The number of carbonyl (C=O) groups excluding carboxylic acids is 3. The minimum absolute atomic E-state index is 0.0660. The van der Waals surface area contributed by atoms with Crippen molar-refractivity contribution in [2.75, 3.05) is 17.7 Å². The van der Waals surface area contributed by atoms with Crippen LogP contribution in [0.4, 0.5) is 5.69 Å². The zero-order chi connectivity index (χ0) is 29.2. The van der Waals surface area contributed by atoms with Crippen LogP contribution in [0.25, 0.3) is 0 Å². The summed E-state index contributed by atoms with van der Waals surface area (Å²) in [6.45, 7) is 10.3. The third-order valence-corrected chi connectivity index (χ3v) is 7.08. The minimum Gasteiger partial charge on any atom is -0.462 e. The number of benzene rings is 2. The molecule has 0 aliphatic heterocycles. The van der Waals surface area contributed by atoms with Crippen molar-refractivity contribution in [2.24, 2.45) is 5.92 Å². The maximum absolute atomic E-state index is 13.1. The van der Waals surface area contributed by atoms with E-state index in [1.807, 2.05) is 18.4 Å². The molecule has 212 valence electrons. The highest BCUT2D eigenvalue weighted by Gasteiger charge is 2.25. The van der Waals surface area contributed by atoms with Gasteiger partial charge in [-0.2, -0.15) is 0 Å². The molecule has 0 saturated carbocycles. The largest absolute Gasteiger partial charge is 0.462 e. The van der Waals surface area contributed by atoms with Gasteiger partial charge in [-0.3, -0.25) is 9.59 Å². The first kappa shape index (κ1) is 31.2. The Kier molecular flexibility index (Phi) is 11.6. The van der Waals surface area contributed by atoms with Crippen molar-refractivity contribution in [1.29, 1.82) is 0 Å². The molecule has 9 nitrogen and oxygen atoms in total. The van der Waals surface area contributed by atoms with Crippen molar-refractivity contribution in [1.82, 2.24) is 20.1 Å². The average molecular weight is 605 g/mol. The Hall–Kier alpha value is -3.34. The van der Waals surface area contributed by atoms with Crippen LogP contribution in [0, 0.1) is 5.92 Å². The highest BCUT2D eigenvalue weighted by Crippen LogP contribution is 2.27. The van der Waals surface area contributed by atoms with Crippen LogP contribution < -0.4 is 10.6 Å². The fourth-order valence-corrected chi connectivity index (χ4v) is 5.06. The van der Waals surface area contributed by atoms with Crippen molar-refractivity contribution in [2.45, 2.75) is 44.9 Å². The van der Waals surface area contributed by atoms with Crippen LogP contribution in [0.1, 0.15) is 59.8 Å². The molecule has 12 heteroatoms. The molecule has 1 heterocycles. The van der Waals surface area contributed by atoms with Gasteiger partial charge in [0.25, 0.3) is 5.91 Å². The van der Waals surface area contributed by atoms with E-state index >= 15 is 0 Å². The Balaban J connectivity index is 1.73. The summed E-state index contributed by atoms with van der Waals surface area (Å²) < 4.78 is 6.80. The molecule has 0 saturated heterocycles. The molecule has 0 aliphatic carbocycles. The number of thioether (sulfide) groups is 1. The Morgan fingerprint density at radius 1 is 1.12 bits per heavy atom. The van der Waals surface area contributed by atoms with E-state index in [0.717, 1.165) is 0 Å². The molecule has 2 N–H and O–H groups in total. The van der Waals surface area contributed by atoms with Crippen LogP contribution in [0.5, 0.6) is 0 Å². The molecule has 1 atom stereocenters. The molecule has 3 aromatic rings. The van der Waals surface area contributed by atoms with E-state index in [1.165, 1.54) is 17.8 Å². The molecular formula is C28H31Cl2N5O4S. The zero-order valence-electron chi connectivity index (χ0n) is 22.4. The summed E-state index contributed by atoms with van der Waals surface area (Å²) >= 11 is 13.4. The van der Waals surface area contributed by atoms with Crippen LogP contribution in [-0.2, 0) is 16.1 Å². The first-order valence-electron chi connectivity index (χ1n) is 12.6. The standard InChI is InChI=1S/C28H31Cl2N5O4S/c1-5-13-35-25(23(14-17(3)4)32-26(37)21-12-9-19(29)15-22(21)30)33-34-28(35)40-16-24(36)31-20-10-7-18(8-11-20)27(38)39-6-2/h5,7-12,15,17,23H,1,6,13-14,16H2,2-4H3,(H,31,36)(H,32,37)/t23-/m0/s1. The van der Waals surface area contributed by atoms with Crippen LogP contribution in [0.2, 0.25) is 10.0 Å². The number of hydrogen-bond donors (Lipinski definition) is 2. The van der Waals surface area contributed by atoms with E-state index in [-0.39, 0.29) is 35.1 Å². The zero-order valence-corrected chi connectivity index (χ0v) is 24.8. The summed E-state index contributed by atoms with van der Waals surface area (Å²) in [6, 6.07) is 10.7. The van der Waals surface area contributed by atoms with Gasteiger partial charge in [-0.15, -0.1) is 16.8 Å². The van der Waals surface area contributed by atoms with Crippen molar-refractivity contribution in [3.63, 3.8) is 0 Å². The SMILES string of the molecule is C=CCn1c(SCC(=O)Nc2ccc(C(=O)OCC)cc2)nnc1[C@H](CC(C)C)NC(=O)c1ccc(Cl)cc1Cl. The van der Waals surface area contributed by atoms with E-state index in [9.17, 15) is 14.4 Å². The van der Waals surface area contributed by atoms with Crippen LogP contribution in [0.15, 0.2) is 60.3 Å². The number of nitrogens with one attached hydrogen (secondary N) is 2. The summed E-state index contributed by atoms with van der Waals surface area (Å²) in [5.74, 6) is -0.190. The molecule has 0 radical (unpaired) electrons. The van der Waals surface area contributed by atoms with Gasteiger partial charge in [-0.1, -0.05) is 54.9 Å². The molecule has 3 rings (SSSR count). The number of nitrogens with zero attached hydrogens (tertiary/aromatic N) is 3. The number of hydrogen-bond acceptors (Lipinski definition) is 7. The van der Waals surface area contributed by atoms with Crippen LogP contribution >= 0.6 is 35.0 Å². The maximum Gasteiger partial charge on any atom is 0.338 e. The number of carbonyl (C=O) groups is 3. The summed E-state index contributed by atoms with van der Waals surface area (Å²) in [4.78, 5) is 37.6. The molecule has 40 heavy (non-hydrogen) atoms. The normalized spacial score (nSPS) is 11.7. The molecule has 1 aromatic heterocycles. The molecular weight excluding hydrogens is 573 g/mol. The predicted molar refractivity (Wildman–Crippen MR) is 158 cm³/mol. The van der Waals surface area contributed by atoms with Gasteiger partial charge >= 0.3 is 5.97 Å². The molecule has 0 aliphatic rings. The summed E-state index contributed by atoms with van der Waals surface area (Å²) in [7, 11) is 0. The van der Waals surface area contributed by atoms with Crippen molar-refractivity contribution < 1.29 is 19.1 Å². The fourth-order valence-electron chi connectivity index (χ4n) is 3.81. The summed E-state index contributed by atoms with van der Waals surface area (Å²) in [5, 5.41) is 15.7. The van der Waals surface area contributed by atoms with Crippen molar-refractivity contribution in [3.05, 3.63) is 82.1 Å². The van der Waals surface area contributed by atoms with E-state index < -0.39 is 12.0 Å². The number of ether oxygens (including phenoxy) is 1. The lowest BCUT2D eigenvalue weighted by atomic mass is 10.0. The summed E-state index contributed by atoms with van der Waals surface area (Å²) in [6.07, 6.45) is 2.30. The number of anilines is 1. The molecule has 0 fully saturated rings. The Labute approximate surface area is 247 Å². The quantitative estimate of drug-likeness (QED) is 0.136. The van der Waals surface area contributed by atoms with Crippen LogP contribution in [0.3, 0.4) is 0 Å². The first-order valence-corrected chi connectivity index (χ1v) is 14.4. The summed E-state index contributed by atoms with van der Waals surface area (Å²) in [5.41, 5.74) is 1.25. The van der Waals surface area contributed by atoms with Gasteiger partial charge in [0, 0.05) is 17.3 Å². The number of halogens is 2. The number of esters is 1. The number of amides is 2. The van der Waals surface area contributed by atoms with E-state index in [0.29, 0.717) is 45.8 Å². The molecule has 2 amide bonds. The number of rotatable bonds is 13.